The number of likely N-dealkylation sites (N-methyl/N-ethyl adjacent to an activating group) is 1. The Hall–Kier alpha value is -0.114. The predicted octanol–water partition coefficient (Wildman–Crippen LogP) is -11.5. The molecule has 19 heteroatoms. The Kier molecular flexibility index (Phi) is 26.9. The maximum atomic E-state index is 9.98. The second-order valence-electron chi connectivity index (χ2n) is 4.60. The summed E-state index contributed by atoms with van der Waals surface area (Å²) in [5.74, 6) is -3.21. The summed E-state index contributed by atoms with van der Waals surface area (Å²) in [4.78, 5) is 45.3. The van der Waals surface area contributed by atoms with Crippen LogP contribution in [0.25, 0.3) is 0 Å². The molecule has 29 heavy (non-hydrogen) atoms. The van der Waals surface area contributed by atoms with E-state index in [0.717, 1.165) is 4.90 Å². The van der Waals surface area contributed by atoms with Crippen LogP contribution < -0.4 is 50.2 Å². The number of carbonyl (C=O) groups is 2. The van der Waals surface area contributed by atoms with Gasteiger partial charge in [-0.15, -0.1) is 0 Å². The first-order chi connectivity index (χ1) is 11.9. The van der Waals surface area contributed by atoms with E-state index in [2.05, 4.69) is 0 Å². The first kappa shape index (κ1) is 39.4. The predicted molar refractivity (Wildman–Crippen MR) is 83.9 cm³/mol. The van der Waals surface area contributed by atoms with E-state index in [1.165, 1.54) is 7.05 Å². The summed E-state index contributed by atoms with van der Waals surface area (Å²) in [7, 11) is -3.70. The van der Waals surface area contributed by atoms with Crippen molar-refractivity contribution < 1.29 is 94.1 Å². The third-order valence-corrected chi connectivity index (χ3v) is 2.28. The van der Waals surface area contributed by atoms with Gasteiger partial charge < -0.3 is 70.4 Å². The van der Waals surface area contributed by atoms with E-state index in [4.69, 9.17) is 61.0 Å². The molecule has 4 unspecified atom stereocenters. The van der Waals surface area contributed by atoms with E-state index in [1.54, 1.807) is 0 Å². The Bertz CT molecular complexity index is 517. The van der Waals surface area contributed by atoms with Crippen LogP contribution in [0, 0.1) is 5.41 Å². The number of hydrogen-bond acceptors (Lipinski definition) is 12. The van der Waals surface area contributed by atoms with Gasteiger partial charge in [0.05, 0.1) is 20.4 Å². The summed E-state index contributed by atoms with van der Waals surface area (Å²) >= 11 is 0. The second kappa shape index (κ2) is 19.8. The standard InChI is InChI=1S/C6H12O7.C4H9N3O2.Mg.Na.H3O4P/c7-1-2(8)3(9)4(10)5(11)6(12)13;1-7(4(5)6)2-3(8)9;;;1-5(2,3)4/h2-5,7-11H,1H2,(H,12,13);2H2,1H3,(H3,5,6)(H,8,9);;;(H3,1,2,3,4)/q;;+2;+1;/p-3. The molecule has 10 N–H and O–H groups in total. The van der Waals surface area contributed by atoms with Gasteiger partial charge in [0.2, 0.25) is 0 Å². The first-order valence-corrected chi connectivity index (χ1v) is 8.00. The Morgan fingerprint density at radius 3 is 1.69 bits per heavy atom. The molecule has 0 rings (SSSR count). The summed E-state index contributed by atoms with van der Waals surface area (Å²) in [6, 6.07) is 0. The number of carboxylic acids is 2. The number of nitrogens with zero attached hydrogens (tertiary/aromatic N) is 1. The van der Waals surface area contributed by atoms with Gasteiger partial charge >= 0.3 is 58.6 Å². The fourth-order valence-electron chi connectivity index (χ4n) is 0.950. The van der Waals surface area contributed by atoms with Gasteiger partial charge in [0.1, 0.15) is 31.0 Å². The van der Waals surface area contributed by atoms with E-state index >= 15 is 0 Å². The van der Waals surface area contributed by atoms with Gasteiger partial charge in [0.15, 0.2) is 5.96 Å². The molecule has 0 amide bonds. The van der Waals surface area contributed by atoms with Gasteiger partial charge in [-0.1, -0.05) is 0 Å². The molecule has 0 heterocycles. The number of nitrogens with two attached hydrogens (primary N) is 1. The van der Waals surface area contributed by atoms with Crippen LogP contribution >= 0.6 is 7.82 Å². The quantitative estimate of drug-likeness (QED) is 0.0722. The van der Waals surface area contributed by atoms with Gasteiger partial charge in [0.25, 0.3) is 0 Å². The summed E-state index contributed by atoms with van der Waals surface area (Å²) in [5, 5.41) is 68.3. The van der Waals surface area contributed by atoms with Crippen LogP contribution in [0.3, 0.4) is 0 Å². The largest absolute Gasteiger partial charge is 2.00 e. The van der Waals surface area contributed by atoms with E-state index in [1.807, 2.05) is 0 Å². The van der Waals surface area contributed by atoms with Crippen molar-refractivity contribution in [3.05, 3.63) is 0 Å². The molecule has 0 saturated carbocycles. The molecule has 0 bridgehead atoms. The number of carboxylic acid groups (broad SMARTS) is 2. The van der Waals surface area contributed by atoms with Gasteiger partial charge in [-0.2, -0.15) is 0 Å². The zero-order chi connectivity index (χ0) is 22.5. The molecule has 0 spiro atoms. The van der Waals surface area contributed by atoms with Crippen LogP contribution in [0.1, 0.15) is 0 Å². The molecule has 0 aromatic rings. The van der Waals surface area contributed by atoms with Crippen LogP contribution in [0.2, 0.25) is 0 Å². The molecule has 0 radical (unpaired) electrons. The van der Waals surface area contributed by atoms with E-state index in [0.29, 0.717) is 0 Å². The minimum atomic E-state index is -5.14. The van der Waals surface area contributed by atoms with Crippen molar-refractivity contribution in [3.8, 4) is 0 Å². The molecule has 0 saturated heterocycles. The topological polar surface area (TPSA) is 315 Å². The van der Waals surface area contributed by atoms with E-state index in [9.17, 15) is 14.7 Å². The van der Waals surface area contributed by atoms with Crippen molar-refractivity contribution in [2.75, 3.05) is 20.2 Å². The van der Waals surface area contributed by atoms with Crippen molar-refractivity contribution in [1.82, 2.24) is 4.90 Å². The number of nitrogens with one attached hydrogen (secondary N) is 1. The van der Waals surface area contributed by atoms with Crippen molar-refractivity contribution in [1.29, 1.82) is 5.41 Å². The molecule has 0 fully saturated rings. The van der Waals surface area contributed by atoms with Gasteiger partial charge in [-0.05, 0) is 0 Å². The Labute approximate surface area is 202 Å². The Morgan fingerprint density at radius 1 is 1.17 bits per heavy atom. The summed E-state index contributed by atoms with van der Waals surface area (Å²) in [6.07, 6.45) is -8.08. The minimum Gasteiger partial charge on any atom is -0.790 e. The van der Waals surface area contributed by atoms with Crippen molar-refractivity contribution in [3.63, 3.8) is 0 Å². The number of aliphatic carboxylic acids is 2. The molecule has 0 aliphatic rings. The monoisotopic (exact) mass is 469 g/mol. The average molecular weight is 470 g/mol. The average Bonchev–Trinajstić information content (AvgIpc) is 2.50. The van der Waals surface area contributed by atoms with Crippen molar-refractivity contribution in [2.45, 2.75) is 24.4 Å². The maximum absolute atomic E-state index is 9.98. The molecule has 16 nitrogen and oxygen atoms in total. The van der Waals surface area contributed by atoms with Gasteiger partial charge in [0, 0.05) is 7.05 Å². The van der Waals surface area contributed by atoms with Crippen LogP contribution in [-0.4, -0.2) is 126 Å². The number of aliphatic hydroxyl groups excluding tert-OH is 5. The van der Waals surface area contributed by atoms with E-state index in [-0.39, 0.29) is 65.1 Å². The molecule has 0 aliphatic carbocycles. The van der Waals surface area contributed by atoms with E-state index < -0.39 is 50.8 Å². The SMILES string of the molecule is CN(CC(=O)O)C(=N)N.O=C([O-])C(O)C(O)C(O)C(O)CO.O=P([O-])([O-])O.[Mg+2].[Na+]. The van der Waals surface area contributed by atoms with Crippen LogP contribution in [0.4, 0.5) is 0 Å². The molecule has 0 aromatic heterocycles. The van der Waals surface area contributed by atoms with Crippen LogP contribution in [0.15, 0.2) is 0 Å². The first-order valence-electron chi connectivity index (χ1n) is 6.51. The van der Waals surface area contributed by atoms with Gasteiger partial charge in [-0.3, -0.25) is 10.2 Å². The second-order valence-corrected chi connectivity index (χ2v) is 5.54. The molecule has 162 valence electrons. The normalized spacial score (nSPS) is 13.8. The smallest absolute Gasteiger partial charge is 0.790 e. The minimum absolute atomic E-state index is 0. The zero-order valence-electron chi connectivity index (χ0n) is 15.5. The fourth-order valence-corrected chi connectivity index (χ4v) is 0.950. The van der Waals surface area contributed by atoms with Crippen molar-refractivity contribution in [2.24, 2.45) is 5.73 Å². The number of guanidine groups is 1. The number of hydrogen-bond donors (Lipinski definition) is 9. The number of carbonyl (C=O) groups excluding carboxylic acids is 1. The number of aliphatic hydroxyl groups is 5. The number of rotatable bonds is 7. The molecular weight excluding hydrogens is 448 g/mol. The maximum Gasteiger partial charge on any atom is 2.00 e. The van der Waals surface area contributed by atoms with Crippen molar-refractivity contribution >= 4 is 48.8 Å². The fraction of sp³-hybridized carbons (Fsp3) is 0.700. The molecule has 0 aliphatic heterocycles. The number of phosphoric acid groups is 1. The Morgan fingerprint density at radius 2 is 1.52 bits per heavy atom. The Balaban J connectivity index is -0.000000105. The molecular formula is C10H21MgN3NaO13P. The van der Waals surface area contributed by atoms with Crippen LogP contribution in [0.5, 0.6) is 0 Å². The summed E-state index contributed by atoms with van der Waals surface area (Å²) < 4.78 is 8.66. The molecule has 4 atom stereocenters. The van der Waals surface area contributed by atoms with Crippen LogP contribution in [-0.2, 0) is 14.2 Å². The third-order valence-electron chi connectivity index (χ3n) is 2.28. The summed E-state index contributed by atoms with van der Waals surface area (Å²) in [5.41, 5.74) is 4.93. The van der Waals surface area contributed by atoms with Gasteiger partial charge in [-0.25, -0.2) is 0 Å². The molecule has 0 aromatic carbocycles. The zero-order valence-corrected chi connectivity index (χ0v) is 19.8. The summed E-state index contributed by atoms with van der Waals surface area (Å²) in [6.45, 7) is -1.09. The third kappa shape index (κ3) is 27.9.